The highest BCUT2D eigenvalue weighted by Crippen LogP contribution is 2.65. The summed E-state index contributed by atoms with van der Waals surface area (Å²) in [5.74, 6) is 2.91. The van der Waals surface area contributed by atoms with Gasteiger partial charge >= 0.3 is 0 Å². The van der Waals surface area contributed by atoms with Crippen LogP contribution in [0.1, 0.15) is 57.0 Å². The highest BCUT2D eigenvalue weighted by atomic mass is 32.2. The molecule has 8 aromatic rings. The number of thiophene rings is 1. The second-order valence-corrected chi connectivity index (χ2v) is 17.6. The van der Waals surface area contributed by atoms with Gasteiger partial charge in [0, 0.05) is 48.4 Å². The average Bonchev–Trinajstić information content (AvgIpc) is 3.83. The summed E-state index contributed by atoms with van der Waals surface area (Å²) in [7, 11) is 0. The van der Waals surface area contributed by atoms with E-state index in [0.717, 1.165) is 45.1 Å². The van der Waals surface area contributed by atoms with Gasteiger partial charge in [-0.15, -0.1) is 23.1 Å². The van der Waals surface area contributed by atoms with Crippen LogP contribution < -0.4 is 5.73 Å². The van der Waals surface area contributed by atoms with Crippen molar-refractivity contribution in [1.82, 2.24) is 19.5 Å². The zero-order valence-electron chi connectivity index (χ0n) is 30.5. The SMILES string of the molecule is CCC1=C2C(C)c3c(N)n(c4ccccc34)-c3cccc4c3sc3c(cccc34)-c3nc(-c4ccccc4)nc(n3)C1(C)C=C1c3ccccc3SC12C. The van der Waals surface area contributed by atoms with Crippen molar-refractivity contribution in [3.8, 4) is 28.5 Å². The topological polar surface area (TPSA) is 69.6 Å². The van der Waals surface area contributed by atoms with E-state index in [1.807, 2.05) is 17.8 Å². The van der Waals surface area contributed by atoms with Gasteiger partial charge in [0.1, 0.15) is 11.6 Å². The lowest BCUT2D eigenvalue weighted by atomic mass is 9.63. The number of hydrogen-bond donors (Lipinski definition) is 1. The highest BCUT2D eigenvalue weighted by Gasteiger charge is 2.52. The third kappa shape index (κ3) is 4.14. The number of nitrogen functional groups attached to an aromatic ring is 1. The minimum Gasteiger partial charge on any atom is -0.385 e. The number of rotatable bonds is 2. The van der Waals surface area contributed by atoms with Crippen LogP contribution in [0.3, 0.4) is 0 Å². The minimum absolute atomic E-state index is 0.0214. The summed E-state index contributed by atoms with van der Waals surface area (Å²) >= 11 is 3.77. The Morgan fingerprint density at radius 1 is 0.722 bits per heavy atom. The zero-order chi connectivity index (χ0) is 36.5. The van der Waals surface area contributed by atoms with Crippen molar-refractivity contribution in [2.45, 2.75) is 55.1 Å². The molecule has 54 heavy (non-hydrogen) atoms. The van der Waals surface area contributed by atoms with E-state index in [-0.39, 0.29) is 10.7 Å². The quantitative estimate of drug-likeness (QED) is 0.179. The lowest BCUT2D eigenvalue weighted by molar-refractivity contribution is 0.575. The monoisotopic (exact) mass is 735 g/mol. The van der Waals surface area contributed by atoms with Gasteiger partial charge in [-0.25, -0.2) is 15.0 Å². The maximum Gasteiger partial charge on any atom is 0.165 e. The van der Waals surface area contributed by atoms with Crippen molar-refractivity contribution in [3.05, 3.63) is 149 Å². The third-order valence-electron chi connectivity index (χ3n) is 12.2. The number of allylic oxidation sites excluding steroid dienone is 2. The molecule has 0 spiro atoms. The van der Waals surface area contributed by atoms with Gasteiger partial charge in [0.25, 0.3) is 0 Å². The van der Waals surface area contributed by atoms with Crippen LogP contribution in [0, 0.1) is 0 Å². The number of nitrogens with zero attached hydrogens (tertiary/aromatic N) is 4. The smallest absolute Gasteiger partial charge is 0.165 e. The van der Waals surface area contributed by atoms with E-state index < -0.39 is 5.41 Å². The van der Waals surface area contributed by atoms with Gasteiger partial charge in [0.05, 0.1) is 26.1 Å². The lowest BCUT2D eigenvalue weighted by Gasteiger charge is -2.45. The van der Waals surface area contributed by atoms with Crippen LogP contribution >= 0.6 is 23.1 Å². The molecule has 5 nitrogen and oxygen atoms in total. The number of fused-ring (bicyclic) bond motifs is 16. The third-order valence-corrected chi connectivity index (χ3v) is 14.9. The fraction of sp³-hybridized carbons (Fsp3) is 0.170. The van der Waals surface area contributed by atoms with Crippen molar-refractivity contribution >= 4 is 65.6 Å². The number of para-hydroxylation sites is 1. The molecule has 262 valence electrons. The van der Waals surface area contributed by atoms with Crippen molar-refractivity contribution in [2.24, 2.45) is 0 Å². The molecule has 8 bridgehead atoms. The molecule has 3 unspecified atom stereocenters. The molecule has 2 N–H and O–H groups in total. The Bertz CT molecular complexity index is 2970. The van der Waals surface area contributed by atoms with E-state index >= 15 is 0 Å². The molecule has 2 aliphatic heterocycles. The first-order valence-corrected chi connectivity index (χ1v) is 20.3. The fourth-order valence-corrected chi connectivity index (χ4v) is 12.7. The van der Waals surface area contributed by atoms with Crippen LogP contribution in [0.25, 0.3) is 65.1 Å². The molecular formula is C47H37N5S2. The van der Waals surface area contributed by atoms with Crippen LogP contribution in [-0.4, -0.2) is 24.3 Å². The predicted molar refractivity (Wildman–Crippen MR) is 227 cm³/mol. The summed E-state index contributed by atoms with van der Waals surface area (Å²) in [5, 5.41) is 3.57. The maximum atomic E-state index is 7.56. The molecule has 0 amide bonds. The fourth-order valence-electron chi connectivity index (χ4n) is 9.85. The summed E-state index contributed by atoms with van der Waals surface area (Å²) in [4.78, 5) is 17.6. The molecule has 11 rings (SSSR count). The van der Waals surface area contributed by atoms with Gasteiger partial charge in [-0.3, -0.25) is 4.57 Å². The zero-order valence-corrected chi connectivity index (χ0v) is 32.1. The van der Waals surface area contributed by atoms with Gasteiger partial charge in [0.15, 0.2) is 11.6 Å². The van der Waals surface area contributed by atoms with Gasteiger partial charge in [-0.2, -0.15) is 0 Å². The largest absolute Gasteiger partial charge is 0.385 e. The standard InChI is InChI=1S/C47H37N5S2/c1-5-33-39-26(2)38-31-18-9-11-22-35(31)52(42(38)48)36-23-14-20-29-28-19-13-21-32(40(28)53-41(29)36)44-49-43(27-15-7-6-8-16-27)50-45(51-44)46(33,3)25-34-30-17-10-12-24-37(30)54-47(34,39)4/h6-26H,5,48H2,1-4H3. The van der Waals surface area contributed by atoms with Gasteiger partial charge in [-0.05, 0) is 61.2 Å². The highest BCUT2D eigenvalue weighted by molar-refractivity contribution is 8.01. The summed E-state index contributed by atoms with van der Waals surface area (Å²) in [5.41, 5.74) is 17.6. The Balaban J connectivity index is 1.35. The number of aromatic nitrogens is 4. The summed E-state index contributed by atoms with van der Waals surface area (Å²) < 4.78 is 4.33. The molecule has 0 radical (unpaired) electrons. The van der Waals surface area contributed by atoms with Crippen LogP contribution in [0.15, 0.2) is 137 Å². The van der Waals surface area contributed by atoms with Gasteiger partial charge in [-0.1, -0.05) is 116 Å². The molecule has 3 atom stereocenters. The predicted octanol–water partition coefficient (Wildman–Crippen LogP) is 12.1. The van der Waals surface area contributed by atoms with Crippen molar-refractivity contribution in [3.63, 3.8) is 0 Å². The Morgan fingerprint density at radius 3 is 2.24 bits per heavy atom. The lowest BCUT2D eigenvalue weighted by Crippen LogP contribution is -2.39. The second kappa shape index (κ2) is 11.3. The van der Waals surface area contributed by atoms with Crippen molar-refractivity contribution < 1.29 is 0 Å². The normalized spacial score (nSPS) is 21.4. The van der Waals surface area contributed by atoms with Crippen LogP contribution in [0.4, 0.5) is 5.82 Å². The van der Waals surface area contributed by atoms with Crippen LogP contribution in [-0.2, 0) is 5.41 Å². The molecule has 5 heterocycles. The molecule has 0 saturated heterocycles. The first-order valence-electron chi connectivity index (χ1n) is 18.7. The van der Waals surface area contributed by atoms with E-state index in [4.69, 9.17) is 20.7 Å². The number of benzene rings is 5. The van der Waals surface area contributed by atoms with E-state index in [9.17, 15) is 0 Å². The summed E-state index contributed by atoms with van der Waals surface area (Å²) in [6.07, 6.45) is 3.32. The Morgan fingerprint density at radius 2 is 1.41 bits per heavy atom. The summed E-state index contributed by atoms with van der Waals surface area (Å²) in [6, 6.07) is 41.2. The average molecular weight is 736 g/mol. The van der Waals surface area contributed by atoms with Crippen molar-refractivity contribution in [2.75, 3.05) is 5.73 Å². The molecular weight excluding hydrogens is 699 g/mol. The van der Waals surface area contributed by atoms with Crippen molar-refractivity contribution in [1.29, 1.82) is 0 Å². The molecule has 3 aliphatic rings. The molecule has 0 fully saturated rings. The van der Waals surface area contributed by atoms with E-state index in [2.05, 4.69) is 148 Å². The minimum atomic E-state index is -0.640. The molecule has 0 saturated carbocycles. The molecule has 3 aromatic heterocycles. The first-order chi connectivity index (χ1) is 26.3. The van der Waals surface area contributed by atoms with Gasteiger partial charge < -0.3 is 5.73 Å². The first kappa shape index (κ1) is 32.0. The molecule has 7 heteroatoms. The number of hydrogen-bond acceptors (Lipinski definition) is 6. The Kier molecular flexibility index (Phi) is 6.67. The molecule has 5 aromatic carbocycles. The summed E-state index contributed by atoms with van der Waals surface area (Å²) in [6.45, 7) is 9.44. The van der Waals surface area contributed by atoms with Crippen LogP contribution in [0.2, 0.25) is 0 Å². The Hall–Kier alpha value is -5.50. The number of anilines is 1. The maximum absolute atomic E-state index is 7.56. The number of nitrogens with two attached hydrogens (primary N) is 1. The van der Waals surface area contributed by atoms with E-state index in [0.29, 0.717) is 11.6 Å². The van der Waals surface area contributed by atoms with Gasteiger partial charge in [0.2, 0.25) is 0 Å². The van der Waals surface area contributed by atoms with Crippen LogP contribution in [0.5, 0.6) is 0 Å². The second-order valence-electron chi connectivity index (χ2n) is 15.1. The number of thioether (sulfide) groups is 1. The van der Waals surface area contributed by atoms with E-state index in [1.165, 1.54) is 53.6 Å². The van der Waals surface area contributed by atoms with E-state index in [1.54, 1.807) is 11.3 Å². The Labute approximate surface area is 322 Å². The molecule has 1 aliphatic carbocycles.